The highest BCUT2D eigenvalue weighted by Crippen LogP contribution is 2.22. The van der Waals surface area contributed by atoms with Gasteiger partial charge in [0.2, 0.25) is 5.89 Å². The number of nitrogens with two attached hydrogens (primary N) is 1. The first kappa shape index (κ1) is 14.6. The van der Waals surface area contributed by atoms with E-state index in [1.165, 1.54) is 6.26 Å². The average Bonchev–Trinajstić information content (AvgIpc) is 3.20. The summed E-state index contributed by atoms with van der Waals surface area (Å²) >= 11 is 0. The largest absolute Gasteiger partial charge is 0.446 e. The van der Waals surface area contributed by atoms with Crippen molar-refractivity contribution in [2.24, 2.45) is 0 Å². The Morgan fingerprint density at radius 1 is 1.41 bits per heavy atom. The molecule has 1 fully saturated rings. The van der Waals surface area contributed by atoms with Gasteiger partial charge in [-0.05, 0) is 43.5 Å². The number of rotatable bonds is 5. The summed E-state index contributed by atoms with van der Waals surface area (Å²) in [6.07, 6.45) is 4.28. The van der Waals surface area contributed by atoms with E-state index in [2.05, 4.69) is 15.6 Å². The van der Waals surface area contributed by atoms with Crippen molar-refractivity contribution in [1.29, 1.82) is 0 Å². The Hall–Kier alpha value is -2.34. The number of nitrogens with one attached hydrogen (secondary N) is 2. The summed E-state index contributed by atoms with van der Waals surface area (Å²) < 4.78 is 5.40. The van der Waals surface area contributed by atoms with Gasteiger partial charge in [0.15, 0.2) is 5.69 Å². The third-order valence-corrected chi connectivity index (χ3v) is 3.79. The van der Waals surface area contributed by atoms with Crippen molar-refractivity contribution in [3.63, 3.8) is 0 Å². The first-order valence-corrected chi connectivity index (χ1v) is 7.54. The highest BCUT2D eigenvalue weighted by atomic mass is 16.3. The molecule has 1 aromatic carbocycles. The van der Waals surface area contributed by atoms with Gasteiger partial charge >= 0.3 is 0 Å². The van der Waals surface area contributed by atoms with Gasteiger partial charge in [0, 0.05) is 12.2 Å². The molecule has 1 aliphatic heterocycles. The predicted octanol–water partition coefficient (Wildman–Crippen LogP) is 1.65. The lowest BCUT2D eigenvalue weighted by Gasteiger charge is -2.04. The Morgan fingerprint density at radius 2 is 2.23 bits per heavy atom. The fraction of sp³-hybridized carbons (Fsp3) is 0.375. The number of amides is 1. The van der Waals surface area contributed by atoms with Crippen molar-refractivity contribution < 1.29 is 9.21 Å². The molecule has 1 unspecified atom stereocenters. The number of hydrogen-bond acceptors (Lipinski definition) is 5. The molecule has 2 heterocycles. The number of anilines is 1. The van der Waals surface area contributed by atoms with Crippen LogP contribution in [0.1, 0.15) is 40.8 Å². The van der Waals surface area contributed by atoms with Crippen LogP contribution in [0.5, 0.6) is 0 Å². The van der Waals surface area contributed by atoms with Crippen molar-refractivity contribution >= 4 is 11.6 Å². The van der Waals surface area contributed by atoms with Crippen LogP contribution in [0.4, 0.5) is 5.69 Å². The third kappa shape index (κ3) is 3.46. The first-order valence-electron chi connectivity index (χ1n) is 7.54. The van der Waals surface area contributed by atoms with Gasteiger partial charge < -0.3 is 20.8 Å². The third-order valence-electron chi connectivity index (χ3n) is 3.79. The van der Waals surface area contributed by atoms with Crippen LogP contribution < -0.4 is 16.4 Å². The van der Waals surface area contributed by atoms with E-state index in [0.29, 0.717) is 18.1 Å². The molecule has 2 aromatic rings. The molecule has 1 aliphatic rings. The van der Waals surface area contributed by atoms with Gasteiger partial charge in [0.25, 0.3) is 5.91 Å². The smallest absolute Gasteiger partial charge is 0.273 e. The molecular formula is C16H20N4O2. The molecule has 6 nitrogen and oxygen atoms in total. The summed E-state index contributed by atoms with van der Waals surface area (Å²) in [5.74, 6) is 0.393. The Kier molecular flexibility index (Phi) is 4.39. The molecule has 0 radical (unpaired) electrons. The van der Waals surface area contributed by atoms with Gasteiger partial charge in [-0.2, -0.15) is 0 Å². The summed E-state index contributed by atoms with van der Waals surface area (Å²) in [7, 11) is 0. The van der Waals surface area contributed by atoms with Crippen molar-refractivity contribution in [3.8, 4) is 0 Å². The number of hydrogen-bond donors (Lipinski definition) is 3. The van der Waals surface area contributed by atoms with E-state index < -0.39 is 0 Å². The molecule has 0 bridgehead atoms. The van der Waals surface area contributed by atoms with Gasteiger partial charge in [-0.3, -0.25) is 4.79 Å². The molecule has 4 N–H and O–H groups in total. The van der Waals surface area contributed by atoms with E-state index in [4.69, 9.17) is 10.2 Å². The van der Waals surface area contributed by atoms with Gasteiger partial charge in [0.05, 0.1) is 6.04 Å². The Bertz CT molecular complexity index is 630. The number of aromatic nitrogens is 1. The normalized spacial score (nSPS) is 17.5. The van der Waals surface area contributed by atoms with E-state index in [9.17, 15) is 4.79 Å². The standard InChI is InChI=1S/C16H20N4O2/c17-12-5-3-11(4-6-12)7-9-19-15(21)14-10-22-16(20-14)13-2-1-8-18-13/h3-6,10,13,18H,1-2,7-9,17H2,(H,19,21). The number of nitrogen functional groups attached to an aromatic ring is 1. The zero-order chi connectivity index (χ0) is 15.4. The maximum absolute atomic E-state index is 12.0. The lowest BCUT2D eigenvalue weighted by Crippen LogP contribution is -2.26. The second-order valence-electron chi connectivity index (χ2n) is 5.47. The van der Waals surface area contributed by atoms with Crippen molar-refractivity contribution in [2.45, 2.75) is 25.3 Å². The minimum atomic E-state index is -0.205. The molecule has 0 aliphatic carbocycles. The van der Waals surface area contributed by atoms with E-state index >= 15 is 0 Å². The minimum Gasteiger partial charge on any atom is -0.446 e. The van der Waals surface area contributed by atoms with Crippen LogP contribution >= 0.6 is 0 Å². The second-order valence-corrected chi connectivity index (χ2v) is 5.47. The molecule has 1 amide bonds. The van der Waals surface area contributed by atoms with Crippen LogP contribution in [0.2, 0.25) is 0 Å². The monoisotopic (exact) mass is 300 g/mol. The number of oxazole rings is 1. The first-order chi connectivity index (χ1) is 10.7. The van der Waals surface area contributed by atoms with Crippen LogP contribution in [0.15, 0.2) is 34.9 Å². The number of nitrogens with zero attached hydrogens (tertiary/aromatic N) is 1. The predicted molar refractivity (Wildman–Crippen MR) is 83.4 cm³/mol. The van der Waals surface area contributed by atoms with E-state index in [1.54, 1.807) is 0 Å². The second kappa shape index (κ2) is 6.62. The average molecular weight is 300 g/mol. The number of carbonyl (C=O) groups excluding carboxylic acids is 1. The summed E-state index contributed by atoms with van der Waals surface area (Å²) in [5, 5.41) is 6.15. The Morgan fingerprint density at radius 3 is 2.95 bits per heavy atom. The van der Waals surface area contributed by atoms with Crippen LogP contribution in [0, 0.1) is 0 Å². The fourth-order valence-corrected chi connectivity index (χ4v) is 2.54. The molecule has 1 saturated heterocycles. The zero-order valence-electron chi connectivity index (χ0n) is 12.3. The van der Waals surface area contributed by atoms with Crippen LogP contribution in [0.3, 0.4) is 0 Å². The van der Waals surface area contributed by atoms with Crippen molar-refractivity contribution in [2.75, 3.05) is 18.8 Å². The summed E-state index contributed by atoms with van der Waals surface area (Å²) in [4.78, 5) is 16.3. The van der Waals surface area contributed by atoms with Gasteiger partial charge in [-0.1, -0.05) is 12.1 Å². The van der Waals surface area contributed by atoms with Crippen LogP contribution in [0.25, 0.3) is 0 Å². The van der Waals surface area contributed by atoms with Crippen molar-refractivity contribution in [1.82, 2.24) is 15.6 Å². The highest BCUT2D eigenvalue weighted by molar-refractivity contribution is 5.91. The SMILES string of the molecule is Nc1ccc(CCNC(=O)c2coc(C3CCCN3)n2)cc1. The van der Waals surface area contributed by atoms with Crippen LogP contribution in [-0.4, -0.2) is 24.0 Å². The fourth-order valence-electron chi connectivity index (χ4n) is 2.54. The molecule has 116 valence electrons. The molecule has 1 atom stereocenters. The topological polar surface area (TPSA) is 93.2 Å². The van der Waals surface area contributed by atoms with E-state index in [1.807, 2.05) is 24.3 Å². The van der Waals surface area contributed by atoms with Crippen molar-refractivity contribution in [3.05, 3.63) is 47.7 Å². The number of carbonyl (C=O) groups is 1. The summed E-state index contributed by atoms with van der Waals surface area (Å²) in [6, 6.07) is 7.77. The quantitative estimate of drug-likeness (QED) is 0.730. The molecule has 22 heavy (non-hydrogen) atoms. The molecule has 0 spiro atoms. The van der Waals surface area contributed by atoms with E-state index in [0.717, 1.165) is 37.1 Å². The molecule has 1 aromatic heterocycles. The van der Waals surface area contributed by atoms with Gasteiger partial charge in [-0.25, -0.2) is 4.98 Å². The molecule has 3 rings (SSSR count). The lowest BCUT2D eigenvalue weighted by atomic mass is 10.1. The Labute approximate surface area is 129 Å². The minimum absolute atomic E-state index is 0.135. The summed E-state index contributed by atoms with van der Waals surface area (Å²) in [5.41, 5.74) is 7.84. The van der Waals surface area contributed by atoms with Gasteiger partial charge in [-0.15, -0.1) is 0 Å². The van der Waals surface area contributed by atoms with Crippen LogP contribution in [-0.2, 0) is 6.42 Å². The molecule has 6 heteroatoms. The van der Waals surface area contributed by atoms with E-state index in [-0.39, 0.29) is 11.9 Å². The lowest BCUT2D eigenvalue weighted by molar-refractivity contribution is 0.0949. The zero-order valence-corrected chi connectivity index (χ0v) is 12.3. The highest BCUT2D eigenvalue weighted by Gasteiger charge is 2.22. The van der Waals surface area contributed by atoms with Gasteiger partial charge in [0.1, 0.15) is 6.26 Å². The maximum Gasteiger partial charge on any atom is 0.273 e. The Balaban J connectivity index is 1.50. The number of benzene rings is 1. The molecular weight excluding hydrogens is 280 g/mol. The summed E-state index contributed by atoms with van der Waals surface area (Å²) in [6.45, 7) is 1.52. The maximum atomic E-state index is 12.0. The molecule has 0 saturated carbocycles.